The van der Waals surface area contributed by atoms with Crippen molar-refractivity contribution >= 4 is 35.7 Å². The second-order valence-electron chi connectivity index (χ2n) is 5.01. The molecule has 7 heteroatoms. The predicted molar refractivity (Wildman–Crippen MR) is 78.6 cm³/mol. The summed E-state index contributed by atoms with van der Waals surface area (Å²) in [4.78, 5) is 31.0. The highest BCUT2D eigenvalue weighted by Gasteiger charge is 2.50. The number of halogens is 1. The number of benzene rings is 1. The van der Waals surface area contributed by atoms with Crippen molar-refractivity contribution in [3.63, 3.8) is 0 Å². The van der Waals surface area contributed by atoms with Gasteiger partial charge >= 0.3 is 6.03 Å². The van der Waals surface area contributed by atoms with Crippen molar-refractivity contribution in [2.75, 3.05) is 14.1 Å². The van der Waals surface area contributed by atoms with Crippen molar-refractivity contribution in [1.29, 1.82) is 0 Å². The van der Waals surface area contributed by atoms with Gasteiger partial charge in [0.1, 0.15) is 6.54 Å². The molecule has 2 heterocycles. The number of carbonyl (C=O) groups is 2. The Hall–Kier alpha value is -2.21. The number of fused-ring (bicyclic) bond motifs is 1. The van der Waals surface area contributed by atoms with E-state index in [1.54, 1.807) is 24.0 Å². The number of likely N-dealkylation sites (N-methyl/N-ethyl adjacent to an activating group) is 2. The van der Waals surface area contributed by atoms with Gasteiger partial charge in [-0.2, -0.15) is 0 Å². The van der Waals surface area contributed by atoms with Crippen LogP contribution in [0.2, 0.25) is 5.02 Å². The second-order valence-corrected chi connectivity index (χ2v) is 5.42. The number of aliphatic imine (C=N–C) groups is 1. The van der Waals surface area contributed by atoms with Crippen LogP contribution in [0.1, 0.15) is 5.56 Å². The highest BCUT2D eigenvalue weighted by atomic mass is 35.5. The highest BCUT2D eigenvalue weighted by Crippen LogP contribution is 2.21. The number of hydrogen-bond acceptors (Lipinski definition) is 3. The van der Waals surface area contributed by atoms with Gasteiger partial charge in [0.25, 0.3) is 24.1 Å². The maximum Gasteiger partial charge on any atom is 0.333 e. The molecule has 2 aliphatic rings. The van der Waals surface area contributed by atoms with E-state index in [4.69, 9.17) is 11.6 Å². The van der Waals surface area contributed by atoms with Gasteiger partial charge in [0.05, 0.1) is 0 Å². The van der Waals surface area contributed by atoms with E-state index < -0.39 is 6.04 Å². The minimum absolute atomic E-state index is 0.280. The molecule has 108 valence electrons. The van der Waals surface area contributed by atoms with Crippen LogP contribution in [0.5, 0.6) is 0 Å². The molecule has 3 rings (SSSR count). The van der Waals surface area contributed by atoms with E-state index in [1.807, 2.05) is 18.2 Å². The lowest BCUT2D eigenvalue weighted by atomic mass is 10.1. The average Bonchev–Trinajstić information content (AvgIpc) is 2.89. The van der Waals surface area contributed by atoms with Crippen LogP contribution in [0.15, 0.2) is 29.3 Å². The van der Waals surface area contributed by atoms with Gasteiger partial charge < -0.3 is 0 Å². The first kappa shape index (κ1) is 13.8. The van der Waals surface area contributed by atoms with E-state index in [-0.39, 0.29) is 11.9 Å². The molecule has 0 saturated carbocycles. The Labute approximate surface area is 126 Å². The maximum absolute atomic E-state index is 12.4. The SMILES string of the molecule is CN1C(=O)C2C(=NC=[N+]2Cc2ccccc2Cl)N(C)C1=O. The van der Waals surface area contributed by atoms with Crippen molar-refractivity contribution in [3.8, 4) is 0 Å². The fraction of sp³-hybridized carbons (Fsp3) is 0.286. The molecule has 3 amide bonds. The summed E-state index contributed by atoms with van der Waals surface area (Å²) in [6.07, 6.45) is 1.59. The van der Waals surface area contributed by atoms with Crippen LogP contribution in [-0.4, -0.2) is 58.6 Å². The number of nitrogens with zero attached hydrogens (tertiary/aromatic N) is 4. The quantitative estimate of drug-likeness (QED) is 0.771. The van der Waals surface area contributed by atoms with Gasteiger partial charge in [0.15, 0.2) is 0 Å². The first-order valence-electron chi connectivity index (χ1n) is 6.46. The van der Waals surface area contributed by atoms with Crippen LogP contribution >= 0.6 is 11.6 Å². The molecule has 1 saturated heterocycles. The van der Waals surface area contributed by atoms with E-state index in [1.165, 1.54) is 11.9 Å². The van der Waals surface area contributed by atoms with Crippen LogP contribution in [-0.2, 0) is 11.3 Å². The average molecular weight is 306 g/mol. The van der Waals surface area contributed by atoms with E-state index in [0.717, 1.165) is 10.5 Å². The van der Waals surface area contributed by atoms with E-state index in [9.17, 15) is 9.59 Å². The Bertz CT molecular complexity index is 698. The molecule has 21 heavy (non-hydrogen) atoms. The second kappa shape index (κ2) is 4.96. The Morgan fingerprint density at radius 1 is 1.24 bits per heavy atom. The Morgan fingerprint density at radius 3 is 2.67 bits per heavy atom. The maximum atomic E-state index is 12.4. The number of rotatable bonds is 2. The Balaban J connectivity index is 1.90. The van der Waals surface area contributed by atoms with Gasteiger partial charge in [-0.3, -0.25) is 14.6 Å². The largest absolute Gasteiger partial charge is 0.333 e. The number of amides is 3. The molecule has 0 aliphatic carbocycles. The van der Waals surface area contributed by atoms with Gasteiger partial charge in [-0.1, -0.05) is 29.8 Å². The summed E-state index contributed by atoms with van der Waals surface area (Å²) in [5, 5.41) is 0.639. The van der Waals surface area contributed by atoms with Crippen molar-refractivity contribution < 1.29 is 14.2 Å². The molecule has 0 radical (unpaired) electrons. The van der Waals surface area contributed by atoms with E-state index in [2.05, 4.69) is 4.99 Å². The molecule has 0 N–H and O–H groups in total. The Morgan fingerprint density at radius 2 is 1.95 bits per heavy atom. The fourth-order valence-corrected chi connectivity index (χ4v) is 2.69. The monoisotopic (exact) mass is 305 g/mol. The minimum Gasteiger partial charge on any atom is -0.269 e. The number of hydrogen-bond donors (Lipinski definition) is 0. The highest BCUT2D eigenvalue weighted by molar-refractivity contribution is 6.31. The molecule has 0 bridgehead atoms. The molecule has 1 aromatic rings. The van der Waals surface area contributed by atoms with E-state index in [0.29, 0.717) is 17.4 Å². The summed E-state index contributed by atoms with van der Waals surface area (Å²) < 4.78 is 1.79. The molecule has 1 aromatic carbocycles. The lowest BCUT2D eigenvalue weighted by Crippen LogP contribution is -2.61. The standard InChI is InChI=1S/C14H14ClN4O2/c1-17-12-11(13(20)18(2)14(17)21)19(8-16-12)7-9-5-3-4-6-10(9)15/h3-6,8,11H,7H2,1-2H3/q+1. The Kier molecular flexibility index (Phi) is 3.25. The van der Waals surface area contributed by atoms with Crippen LogP contribution in [0.4, 0.5) is 4.79 Å². The number of amidine groups is 1. The molecule has 1 fully saturated rings. The lowest BCUT2D eigenvalue weighted by Gasteiger charge is -2.30. The summed E-state index contributed by atoms with van der Waals surface area (Å²) >= 11 is 6.16. The molecule has 2 aliphatic heterocycles. The van der Waals surface area contributed by atoms with Crippen LogP contribution in [0.25, 0.3) is 0 Å². The fourth-order valence-electron chi connectivity index (χ4n) is 2.50. The first-order chi connectivity index (χ1) is 10.0. The van der Waals surface area contributed by atoms with Gasteiger partial charge in [-0.15, -0.1) is 0 Å². The van der Waals surface area contributed by atoms with Gasteiger partial charge in [0.2, 0.25) is 0 Å². The normalized spacial score (nSPS) is 21.4. The minimum atomic E-state index is -0.575. The molecular weight excluding hydrogens is 292 g/mol. The number of urea groups is 1. The third-order valence-corrected chi connectivity index (χ3v) is 4.08. The summed E-state index contributed by atoms with van der Waals surface area (Å²) in [6, 6.07) is 6.51. The summed E-state index contributed by atoms with van der Waals surface area (Å²) in [5.74, 6) is 0.174. The zero-order chi connectivity index (χ0) is 15.1. The molecule has 6 nitrogen and oxygen atoms in total. The zero-order valence-electron chi connectivity index (χ0n) is 11.7. The summed E-state index contributed by atoms with van der Waals surface area (Å²) in [7, 11) is 3.09. The van der Waals surface area contributed by atoms with Crippen LogP contribution in [0, 0.1) is 0 Å². The molecule has 1 atom stereocenters. The molecule has 1 unspecified atom stereocenters. The lowest BCUT2D eigenvalue weighted by molar-refractivity contribution is -0.546. The van der Waals surface area contributed by atoms with Gasteiger partial charge in [-0.25, -0.2) is 9.37 Å². The number of imide groups is 1. The summed E-state index contributed by atoms with van der Waals surface area (Å²) in [6.45, 7) is 0.457. The molecule has 0 aromatic heterocycles. The van der Waals surface area contributed by atoms with Crippen LogP contribution < -0.4 is 0 Å². The van der Waals surface area contributed by atoms with Crippen molar-refractivity contribution in [2.24, 2.45) is 4.99 Å². The smallest absolute Gasteiger partial charge is 0.269 e. The van der Waals surface area contributed by atoms with Crippen molar-refractivity contribution in [1.82, 2.24) is 9.80 Å². The van der Waals surface area contributed by atoms with Crippen molar-refractivity contribution in [2.45, 2.75) is 12.6 Å². The summed E-state index contributed by atoms with van der Waals surface area (Å²) in [5.41, 5.74) is 0.905. The molecular formula is C14H14ClN4O2+. The van der Waals surface area contributed by atoms with Gasteiger partial charge in [0, 0.05) is 24.7 Å². The van der Waals surface area contributed by atoms with Crippen molar-refractivity contribution in [3.05, 3.63) is 34.9 Å². The molecule has 0 spiro atoms. The third kappa shape index (κ3) is 2.12. The first-order valence-corrected chi connectivity index (χ1v) is 6.84. The predicted octanol–water partition coefficient (Wildman–Crippen LogP) is 1.19. The van der Waals surface area contributed by atoms with Crippen LogP contribution in [0.3, 0.4) is 0 Å². The number of carbonyl (C=O) groups excluding carboxylic acids is 2. The zero-order valence-corrected chi connectivity index (χ0v) is 12.4. The topological polar surface area (TPSA) is 56.0 Å². The van der Waals surface area contributed by atoms with E-state index >= 15 is 0 Å². The van der Waals surface area contributed by atoms with Gasteiger partial charge in [-0.05, 0) is 11.1 Å². The third-order valence-electron chi connectivity index (χ3n) is 3.71.